The van der Waals surface area contributed by atoms with Crippen molar-refractivity contribution in [1.82, 2.24) is 0 Å². The fourth-order valence-electron chi connectivity index (χ4n) is 4.87. The topological polar surface area (TPSA) is 0 Å². The summed E-state index contributed by atoms with van der Waals surface area (Å²) < 4.78 is 0. The predicted molar refractivity (Wildman–Crippen MR) is 151 cm³/mol. The quantitative estimate of drug-likeness (QED) is 0.336. The monoisotopic (exact) mass is 476 g/mol. The van der Waals surface area contributed by atoms with Crippen LogP contribution in [0.3, 0.4) is 0 Å². The van der Waals surface area contributed by atoms with Gasteiger partial charge in [-0.15, -0.1) is 0 Å². The van der Waals surface area contributed by atoms with E-state index in [9.17, 15) is 0 Å². The molecule has 5 heteroatoms. The lowest BCUT2D eigenvalue weighted by molar-refractivity contribution is 1.17. The Bertz CT molecular complexity index is 655. The molecule has 0 spiro atoms. The molecule has 0 unspecified atom stereocenters. The Morgan fingerprint density at radius 1 is 0.379 bits per heavy atom. The molecule has 0 radical (unpaired) electrons. The van der Waals surface area contributed by atoms with Crippen molar-refractivity contribution >= 4 is 40.4 Å². The van der Waals surface area contributed by atoms with Gasteiger partial charge in [0, 0.05) is 0 Å². The normalized spacial score (nSPS) is 20.6. The maximum absolute atomic E-state index is 2.77. The van der Waals surface area contributed by atoms with Gasteiger partial charge < -0.3 is 0 Å². The molecule has 0 bridgehead atoms. The molecule has 0 N–H and O–H groups in total. The largest absolute Gasteiger partial charge is 0.0812 e. The average Bonchev–Trinajstić information content (AvgIpc) is 3.10. The summed E-state index contributed by atoms with van der Waals surface area (Å²) in [4.78, 5) is 0. The highest BCUT2D eigenvalue weighted by atomic mass is 28.3. The van der Waals surface area contributed by atoms with Gasteiger partial charge in [0.25, 0.3) is 0 Å². The summed E-state index contributed by atoms with van der Waals surface area (Å²) in [6.07, 6.45) is 11.1. The third-order valence-electron chi connectivity index (χ3n) is 6.92. The van der Waals surface area contributed by atoms with E-state index in [1.165, 1.54) is 0 Å². The molecule has 0 atom stereocenters. The van der Waals surface area contributed by atoms with Gasteiger partial charge in [0.2, 0.25) is 0 Å². The smallest absolute Gasteiger partial charge is 0.0770 e. The molecule has 0 nitrogen and oxygen atoms in total. The Morgan fingerprint density at radius 3 is 0.690 bits per heavy atom. The third-order valence-corrected chi connectivity index (χ3v) is 19.7. The summed E-state index contributed by atoms with van der Waals surface area (Å²) in [5.41, 5.74) is 1.40. The van der Waals surface area contributed by atoms with Crippen LogP contribution >= 0.6 is 0 Å². The van der Waals surface area contributed by atoms with Gasteiger partial charge in [0.1, 0.15) is 0 Å². The summed E-state index contributed by atoms with van der Waals surface area (Å²) in [5.74, 6) is 0. The maximum atomic E-state index is 2.77. The van der Waals surface area contributed by atoms with Crippen LogP contribution in [0, 0.1) is 0 Å². The molecule has 29 heavy (non-hydrogen) atoms. The van der Waals surface area contributed by atoms with Crippen LogP contribution in [0.15, 0.2) is 45.1 Å². The molecule has 0 saturated carbocycles. The zero-order chi connectivity index (χ0) is 22.8. The standard InChI is InChI=1S/C24H48Si5/c1-25(2,3)21-15-19(16-22(21)26(4,5)6)29(13,14)20-17-23(27(7,8)9)24(18-20)28(10,11)12/h15-20H,1-14H3. The first-order valence-corrected chi connectivity index (χ1v) is 28.7. The molecular weight excluding hydrogens is 429 g/mol. The van der Waals surface area contributed by atoms with E-state index in [0.29, 0.717) is 11.1 Å². The molecule has 0 aromatic heterocycles. The summed E-state index contributed by atoms with van der Waals surface area (Å²) in [6, 6.07) is 0. The molecule has 0 heterocycles. The van der Waals surface area contributed by atoms with E-state index < -0.39 is 40.4 Å². The van der Waals surface area contributed by atoms with Crippen LogP contribution in [0.4, 0.5) is 0 Å². The van der Waals surface area contributed by atoms with Gasteiger partial charge >= 0.3 is 0 Å². The first kappa shape index (κ1) is 25.3. The molecule has 2 aliphatic rings. The molecule has 0 saturated heterocycles. The minimum absolute atomic E-state index is 0.701. The van der Waals surface area contributed by atoms with Gasteiger partial charge in [-0.2, -0.15) is 0 Å². The van der Waals surface area contributed by atoms with Crippen molar-refractivity contribution < 1.29 is 0 Å². The van der Waals surface area contributed by atoms with Crippen LogP contribution in [0.25, 0.3) is 0 Å². The van der Waals surface area contributed by atoms with Crippen molar-refractivity contribution in [1.29, 1.82) is 0 Å². The first-order chi connectivity index (χ1) is 12.7. The highest BCUT2D eigenvalue weighted by Gasteiger charge is 2.45. The Hall–Kier alpha value is 0.0444. The first-order valence-electron chi connectivity index (χ1n) is 11.6. The van der Waals surface area contributed by atoms with Crippen LogP contribution in [0.1, 0.15) is 0 Å². The Labute approximate surface area is 187 Å². The van der Waals surface area contributed by atoms with Crippen LogP contribution in [0.2, 0.25) is 103 Å². The predicted octanol–water partition coefficient (Wildman–Crippen LogP) is 8.68. The molecule has 164 valence electrons. The third kappa shape index (κ3) is 5.28. The van der Waals surface area contributed by atoms with Crippen LogP contribution in [-0.4, -0.2) is 40.4 Å². The number of allylic oxidation sites excluding steroid dienone is 8. The fraction of sp³-hybridized carbons (Fsp3) is 0.667. The van der Waals surface area contributed by atoms with Crippen molar-refractivity contribution in [3.8, 4) is 0 Å². The van der Waals surface area contributed by atoms with Crippen LogP contribution in [-0.2, 0) is 0 Å². The number of rotatable bonds is 6. The lowest BCUT2D eigenvalue weighted by atomic mass is 10.4. The molecule has 0 fully saturated rings. The second-order valence-electron chi connectivity index (χ2n) is 14.2. The van der Waals surface area contributed by atoms with E-state index in [2.05, 4.69) is 116 Å². The molecule has 0 amide bonds. The summed E-state index contributed by atoms with van der Waals surface area (Å²) in [6.45, 7) is 35.9. The molecule has 0 aliphatic heterocycles. The second-order valence-corrected chi connectivity index (χ2v) is 39.3. The van der Waals surface area contributed by atoms with E-state index in [-0.39, 0.29) is 0 Å². The second kappa shape index (κ2) is 7.57. The van der Waals surface area contributed by atoms with Crippen molar-refractivity contribution in [2.24, 2.45) is 0 Å². The Kier molecular flexibility index (Phi) is 6.61. The minimum atomic E-state index is -1.54. The van der Waals surface area contributed by atoms with E-state index in [4.69, 9.17) is 0 Å². The van der Waals surface area contributed by atoms with Gasteiger partial charge in [-0.3, -0.25) is 0 Å². The van der Waals surface area contributed by atoms with E-state index in [1.54, 1.807) is 20.8 Å². The van der Waals surface area contributed by atoms with Crippen molar-refractivity contribution in [3.63, 3.8) is 0 Å². The summed E-state index contributed by atoms with van der Waals surface area (Å²) in [7, 11) is -6.78. The Balaban J connectivity index is 2.56. The van der Waals surface area contributed by atoms with Crippen LogP contribution < -0.4 is 0 Å². The molecule has 2 aliphatic carbocycles. The lowest BCUT2D eigenvalue weighted by Crippen LogP contribution is -2.35. The van der Waals surface area contributed by atoms with Crippen molar-refractivity contribution in [2.75, 3.05) is 0 Å². The lowest BCUT2D eigenvalue weighted by Gasteiger charge is -2.32. The SMILES string of the molecule is C[Si](C)(C)C1=CC([Si](C)(C)C2C=C([Si](C)(C)C)C([Si](C)(C)C)=C2)C=C1[Si](C)(C)C. The average molecular weight is 477 g/mol. The van der Waals surface area contributed by atoms with E-state index in [0.717, 1.165) is 0 Å². The fourth-order valence-corrected chi connectivity index (χ4v) is 19.2. The highest BCUT2D eigenvalue weighted by Crippen LogP contribution is 2.50. The van der Waals surface area contributed by atoms with Crippen molar-refractivity contribution in [2.45, 2.75) is 103 Å². The summed E-state index contributed by atoms with van der Waals surface area (Å²) in [5, 5.41) is 7.18. The minimum Gasteiger partial charge on any atom is -0.0812 e. The Morgan fingerprint density at radius 2 is 0.552 bits per heavy atom. The van der Waals surface area contributed by atoms with Crippen LogP contribution in [0.5, 0.6) is 0 Å². The van der Waals surface area contributed by atoms with Gasteiger partial charge in [0.05, 0.1) is 40.4 Å². The number of hydrogen-bond donors (Lipinski definition) is 0. The zero-order valence-electron chi connectivity index (χ0n) is 22.0. The maximum Gasteiger partial charge on any atom is 0.0770 e. The van der Waals surface area contributed by atoms with E-state index >= 15 is 0 Å². The zero-order valence-corrected chi connectivity index (χ0v) is 27.0. The van der Waals surface area contributed by atoms with E-state index in [1.807, 2.05) is 0 Å². The highest BCUT2D eigenvalue weighted by molar-refractivity contribution is 6.94. The summed E-state index contributed by atoms with van der Waals surface area (Å²) >= 11 is 0. The van der Waals surface area contributed by atoms with Gasteiger partial charge in [-0.25, -0.2) is 0 Å². The molecule has 0 aromatic carbocycles. The molecule has 2 rings (SSSR count). The van der Waals surface area contributed by atoms with Gasteiger partial charge in [-0.05, 0) is 11.1 Å². The molecular formula is C24H48Si5. The van der Waals surface area contributed by atoms with Crippen molar-refractivity contribution in [3.05, 3.63) is 45.1 Å². The number of hydrogen-bond acceptors (Lipinski definition) is 0. The van der Waals surface area contributed by atoms with Gasteiger partial charge in [-0.1, -0.05) is 137 Å². The molecule has 0 aromatic rings. The van der Waals surface area contributed by atoms with Gasteiger partial charge in [0.15, 0.2) is 0 Å².